The van der Waals surface area contributed by atoms with Crippen LogP contribution in [0, 0.1) is 22.0 Å². The van der Waals surface area contributed by atoms with Crippen LogP contribution in [-0.2, 0) is 0 Å². The van der Waals surface area contributed by atoms with Crippen molar-refractivity contribution in [3.8, 4) is 11.3 Å². The molecule has 0 saturated heterocycles. The number of nitrogens with zero attached hydrogens (tertiary/aromatic N) is 3. The third-order valence-electron chi connectivity index (χ3n) is 6.24. The van der Waals surface area contributed by atoms with E-state index >= 15 is 0 Å². The van der Waals surface area contributed by atoms with Crippen molar-refractivity contribution in [2.75, 3.05) is 0 Å². The third-order valence-corrected chi connectivity index (χ3v) is 7.64. The van der Waals surface area contributed by atoms with E-state index in [9.17, 15) is 10.1 Å². The topological polar surface area (TPSA) is 60.4 Å². The summed E-state index contributed by atoms with van der Waals surface area (Å²) in [7, 11) is 0. The van der Waals surface area contributed by atoms with Crippen LogP contribution in [0.5, 0.6) is 0 Å². The van der Waals surface area contributed by atoms with E-state index in [2.05, 4.69) is 18.4 Å². The van der Waals surface area contributed by atoms with Gasteiger partial charge in [-0.15, -0.1) is 11.3 Å². The maximum Gasteiger partial charge on any atom is 0.294 e. The van der Waals surface area contributed by atoms with Gasteiger partial charge in [-0.1, -0.05) is 62.0 Å². The van der Waals surface area contributed by atoms with E-state index in [0.29, 0.717) is 27.6 Å². The Labute approximate surface area is 195 Å². The molecule has 1 saturated carbocycles. The van der Waals surface area contributed by atoms with Gasteiger partial charge in [0.15, 0.2) is 4.80 Å². The maximum absolute atomic E-state index is 11.5. The maximum atomic E-state index is 11.5. The van der Waals surface area contributed by atoms with Crippen LogP contribution < -0.4 is 4.80 Å². The molecular weight excluding hydrogens is 453 g/mol. The number of hydrogen-bond donors (Lipinski definition) is 0. The summed E-state index contributed by atoms with van der Waals surface area (Å²) in [5, 5.41) is 14.8. The van der Waals surface area contributed by atoms with Crippen molar-refractivity contribution in [3.63, 3.8) is 0 Å². The Morgan fingerprint density at radius 2 is 1.94 bits per heavy atom. The Bertz CT molecular complexity index is 1190. The normalized spacial score (nSPS) is 21.9. The molecule has 1 aliphatic rings. The lowest BCUT2D eigenvalue weighted by atomic mass is 9.78. The molecule has 8 heteroatoms. The summed E-state index contributed by atoms with van der Waals surface area (Å²) < 4.78 is 2.22. The van der Waals surface area contributed by atoms with Gasteiger partial charge in [0.1, 0.15) is 5.69 Å². The lowest BCUT2D eigenvalue weighted by Gasteiger charge is -2.36. The number of halogens is 2. The predicted octanol–water partition coefficient (Wildman–Crippen LogP) is 7.66. The first-order chi connectivity index (χ1) is 14.9. The Kier molecular flexibility index (Phi) is 6.51. The van der Waals surface area contributed by atoms with Crippen molar-refractivity contribution in [2.24, 2.45) is 16.8 Å². The fraction of sp³-hybridized carbons (Fsp3) is 0.348. The van der Waals surface area contributed by atoms with Crippen molar-refractivity contribution < 1.29 is 4.92 Å². The molecule has 3 aromatic rings. The average molecular weight is 476 g/mol. The number of thiazole rings is 1. The van der Waals surface area contributed by atoms with Crippen LogP contribution in [0.25, 0.3) is 11.3 Å². The van der Waals surface area contributed by atoms with Crippen LogP contribution in [0.4, 0.5) is 11.4 Å². The highest BCUT2D eigenvalue weighted by Crippen LogP contribution is 2.41. The standard InChI is InChI=1S/C23H23Cl2N3O2S/c1-14-6-5-9-20(15(14)2)27-22(17-12-16(24)10-11-18(17)25)13-31-23(27)26-19-7-3-4-8-21(19)28(29)30/h3-4,7-8,10-15,20H,5-6,9H2,1-2H3. The van der Waals surface area contributed by atoms with Gasteiger partial charge in [-0.25, -0.2) is 4.99 Å². The largest absolute Gasteiger partial charge is 0.313 e. The minimum atomic E-state index is -0.392. The zero-order valence-electron chi connectivity index (χ0n) is 17.3. The average Bonchev–Trinajstić information content (AvgIpc) is 3.15. The summed E-state index contributed by atoms with van der Waals surface area (Å²) in [4.78, 5) is 16.6. The van der Waals surface area contributed by atoms with E-state index in [1.807, 2.05) is 11.4 Å². The molecule has 0 bridgehead atoms. The summed E-state index contributed by atoms with van der Waals surface area (Å²) in [6, 6.07) is 12.3. The van der Waals surface area contributed by atoms with Gasteiger partial charge < -0.3 is 4.57 Å². The number of nitro benzene ring substituents is 1. The van der Waals surface area contributed by atoms with Crippen molar-refractivity contribution in [2.45, 2.75) is 39.2 Å². The molecule has 3 atom stereocenters. The lowest BCUT2D eigenvalue weighted by molar-refractivity contribution is -0.384. The van der Waals surface area contributed by atoms with E-state index in [0.717, 1.165) is 28.9 Å². The van der Waals surface area contributed by atoms with E-state index in [4.69, 9.17) is 28.2 Å². The SMILES string of the molecule is CC1CCCC(n2c(-c3cc(Cl)ccc3Cl)csc2=Nc2ccccc2[N+](=O)[O-])C1C. The zero-order valence-corrected chi connectivity index (χ0v) is 19.6. The summed E-state index contributed by atoms with van der Waals surface area (Å²) in [6.07, 6.45) is 3.36. The molecule has 1 fully saturated rings. The van der Waals surface area contributed by atoms with Gasteiger partial charge in [0, 0.05) is 28.1 Å². The van der Waals surface area contributed by atoms with Crippen molar-refractivity contribution in [1.82, 2.24) is 4.57 Å². The number of nitro groups is 1. The summed E-state index contributed by atoms with van der Waals surface area (Å²) in [5.41, 5.74) is 2.14. The van der Waals surface area contributed by atoms with Crippen LogP contribution in [-0.4, -0.2) is 9.49 Å². The quantitative estimate of drug-likeness (QED) is 0.287. The molecule has 0 N–H and O–H groups in total. The van der Waals surface area contributed by atoms with Crippen LogP contribution >= 0.6 is 34.5 Å². The lowest BCUT2D eigenvalue weighted by Crippen LogP contribution is -2.32. The Morgan fingerprint density at radius 3 is 2.71 bits per heavy atom. The van der Waals surface area contributed by atoms with E-state index < -0.39 is 4.92 Å². The van der Waals surface area contributed by atoms with Crippen LogP contribution in [0.2, 0.25) is 10.0 Å². The predicted molar refractivity (Wildman–Crippen MR) is 127 cm³/mol. The van der Waals surface area contributed by atoms with Gasteiger partial charge in [-0.2, -0.15) is 0 Å². The first-order valence-electron chi connectivity index (χ1n) is 10.3. The van der Waals surface area contributed by atoms with Crippen molar-refractivity contribution >= 4 is 45.9 Å². The number of benzene rings is 2. The number of aromatic nitrogens is 1. The van der Waals surface area contributed by atoms with E-state index in [1.54, 1.807) is 30.3 Å². The summed E-state index contributed by atoms with van der Waals surface area (Å²) in [6.45, 7) is 4.56. The number of para-hydroxylation sites is 2. The molecule has 1 aliphatic carbocycles. The second kappa shape index (κ2) is 9.15. The van der Waals surface area contributed by atoms with Gasteiger partial charge in [-0.3, -0.25) is 10.1 Å². The fourth-order valence-electron chi connectivity index (χ4n) is 4.35. The molecule has 5 nitrogen and oxygen atoms in total. The highest BCUT2D eigenvalue weighted by molar-refractivity contribution is 7.07. The second-order valence-corrected chi connectivity index (χ2v) is 9.77. The molecule has 2 aromatic carbocycles. The Morgan fingerprint density at radius 1 is 1.16 bits per heavy atom. The molecule has 0 amide bonds. The van der Waals surface area contributed by atoms with Gasteiger partial charge >= 0.3 is 0 Å². The first-order valence-corrected chi connectivity index (χ1v) is 11.9. The highest BCUT2D eigenvalue weighted by Gasteiger charge is 2.31. The van der Waals surface area contributed by atoms with Crippen LogP contribution in [0.1, 0.15) is 39.2 Å². The van der Waals surface area contributed by atoms with Crippen molar-refractivity contribution in [1.29, 1.82) is 0 Å². The number of rotatable bonds is 4. The van der Waals surface area contributed by atoms with Gasteiger partial charge in [0.25, 0.3) is 5.69 Å². The Balaban J connectivity index is 1.96. The molecule has 1 heterocycles. The second-order valence-electron chi connectivity index (χ2n) is 8.09. The molecular formula is C23H23Cl2N3O2S. The van der Waals surface area contributed by atoms with E-state index in [-0.39, 0.29) is 11.7 Å². The highest BCUT2D eigenvalue weighted by atomic mass is 35.5. The molecule has 1 aromatic heterocycles. The third kappa shape index (κ3) is 4.43. The van der Waals surface area contributed by atoms with Gasteiger partial charge in [0.05, 0.1) is 15.6 Å². The molecule has 0 radical (unpaired) electrons. The summed E-state index contributed by atoms with van der Waals surface area (Å²) in [5.74, 6) is 1.01. The first kappa shape index (κ1) is 22.1. The smallest absolute Gasteiger partial charge is 0.294 e. The summed E-state index contributed by atoms with van der Waals surface area (Å²) >= 11 is 14.3. The molecule has 3 unspecified atom stereocenters. The number of hydrogen-bond acceptors (Lipinski definition) is 4. The minimum Gasteiger partial charge on any atom is -0.313 e. The molecule has 31 heavy (non-hydrogen) atoms. The minimum absolute atomic E-state index is 0.00477. The van der Waals surface area contributed by atoms with E-state index in [1.165, 1.54) is 23.8 Å². The fourth-order valence-corrected chi connectivity index (χ4v) is 5.69. The monoisotopic (exact) mass is 475 g/mol. The van der Waals surface area contributed by atoms with Crippen molar-refractivity contribution in [3.05, 3.63) is 72.8 Å². The molecule has 0 spiro atoms. The molecule has 0 aliphatic heterocycles. The molecule has 162 valence electrons. The van der Waals surface area contributed by atoms with Crippen LogP contribution in [0.3, 0.4) is 0 Å². The zero-order chi connectivity index (χ0) is 22.1. The van der Waals surface area contributed by atoms with Gasteiger partial charge in [0.2, 0.25) is 0 Å². The van der Waals surface area contributed by atoms with Crippen LogP contribution in [0.15, 0.2) is 52.8 Å². The Hall–Kier alpha value is -2.15. The van der Waals surface area contributed by atoms with Gasteiger partial charge in [-0.05, 0) is 42.5 Å². The molecule has 4 rings (SSSR count).